The average Bonchev–Trinajstić information content (AvgIpc) is 3.09. The monoisotopic (exact) mass is 379 g/mol. The van der Waals surface area contributed by atoms with Crippen LogP contribution >= 0.6 is 11.8 Å². The Morgan fingerprint density at radius 2 is 1.89 bits per heavy atom. The van der Waals surface area contributed by atoms with E-state index in [0.29, 0.717) is 11.7 Å². The SMILES string of the molecule is C=CCn1c(S[C@H](C(=O)N(C)C)c2ccccc2)nnc1-c1ccncc1. The molecule has 0 saturated heterocycles. The number of thioether (sulfide) groups is 1. The quantitative estimate of drug-likeness (QED) is 0.465. The van der Waals surface area contributed by atoms with Crippen molar-refractivity contribution in [2.45, 2.75) is 17.0 Å². The van der Waals surface area contributed by atoms with Crippen LogP contribution in [0.3, 0.4) is 0 Å². The third-order valence-electron chi connectivity index (χ3n) is 3.96. The zero-order chi connectivity index (χ0) is 19.2. The summed E-state index contributed by atoms with van der Waals surface area (Å²) in [6.45, 7) is 4.39. The average molecular weight is 379 g/mol. The van der Waals surface area contributed by atoms with Crippen LogP contribution in [0, 0.1) is 0 Å². The van der Waals surface area contributed by atoms with Crippen LogP contribution in [0.4, 0.5) is 0 Å². The zero-order valence-electron chi connectivity index (χ0n) is 15.3. The highest BCUT2D eigenvalue weighted by Crippen LogP contribution is 2.36. The van der Waals surface area contributed by atoms with Crippen molar-refractivity contribution in [3.8, 4) is 11.4 Å². The molecule has 0 aliphatic heterocycles. The molecule has 0 spiro atoms. The van der Waals surface area contributed by atoms with E-state index in [1.165, 1.54) is 11.8 Å². The maximum atomic E-state index is 12.8. The molecule has 0 aliphatic carbocycles. The first-order chi connectivity index (χ1) is 13.1. The molecule has 1 amide bonds. The lowest BCUT2D eigenvalue weighted by molar-refractivity contribution is -0.128. The maximum absolute atomic E-state index is 12.8. The lowest BCUT2D eigenvalue weighted by atomic mass is 10.1. The van der Waals surface area contributed by atoms with E-state index < -0.39 is 5.25 Å². The Kier molecular flexibility index (Phi) is 6.03. The van der Waals surface area contributed by atoms with Crippen LogP contribution in [-0.2, 0) is 11.3 Å². The number of aromatic nitrogens is 4. The fourth-order valence-corrected chi connectivity index (χ4v) is 3.80. The van der Waals surface area contributed by atoms with Gasteiger partial charge in [-0.25, -0.2) is 0 Å². The van der Waals surface area contributed by atoms with Crippen LogP contribution in [0.25, 0.3) is 11.4 Å². The Balaban J connectivity index is 2.00. The fourth-order valence-electron chi connectivity index (χ4n) is 2.61. The molecule has 1 aromatic carbocycles. The molecule has 7 heteroatoms. The summed E-state index contributed by atoms with van der Waals surface area (Å²) in [5.74, 6) is 0.730. The molecule has 3 aromatic rings. The normalized spacial score (nSPS) is 11.8. The van der Waals surface area contributed by atoms with E-state index in [2.05, 4.69) is 21.8 Å². The molecule has 27 heavy (non-hydrogen) atoms. The second-order valence-corrected chi connectivity index (χ2v) is 7.15. The third-order valence-corrected chi connectivity index (χ3v) is 5.18. The van der Waals surface area contributed by atoms with Crippen molar-refractivity contribution < 1.29 is 4.79 Å². The molecule has 138 valence electrons. The lowest BCUT2D eigenvalue weighted by Gasteiger charge is -2.20. The number of rotatable bonds is 7. The number of carbonyl (C=O) groups excluding carboxylic acids is 1. The second-order valence-electron chi connectivity index (χ2n) is 6.08. The molecular weight excluding hydrogens is 358 g/mol. The van der Waals surface area contributed by atoms with Crippen molar-refractivity contribution in [2.75, 3.05) is 14.1 Å². The van der Waals surface area contributed by atoms with Gasteiger partial charge in [0.2, 0.25) is 5.91 Å². The van der Waals surface area contributed by atoms with Crippen LogP contribution < -0.4 is 0 Å². The topological polar surface area (TPSA) is 63.9 Å². The Labute approximate surface area is 163 Å². The van der Waals surface area contributed by atoms with Gasteiger partial charge in [-0.1, -0.05) is 48.2 Å². The van der Waals surface area contributed by atoms with E-state index in [0.717, 1.165) is 17.0 Å². The van der Waals surface area contributed by atoms with Crippen molar-refractivity contribution in [1.29, 1.82) is 0 Å². The van der Waals surface area contributed by atoms with Crippen molar-refractivity contribution in [3.63, 3.8) is 0 Å². The summed E-state index contributed by atoms with van der Waals surface area (Å²) in [5.41, 5.74) is 1.85. The van der Waals surface area contributed by atoms with Crippen molar-refractivity contribution in [2.24, 2.45) is 0 Å². The Morgan fingerprint density at radius 1 is 1.19 bits per heavy atom. The van der Waals surface area contributed by atoms with Gasteiger partial charge in [-0.2, -0.15) is 0 Å². The molecule has 2 aromatic heterocycles. The highest BCUT2D eigenvalue weighted by Gasteiger charge is 2.26. The van der Waals surface area contributed by atoms with E-state index in [4.69, 9.17) is 0 Å². The number of benzene rings is 1. The van der Waals surface area contributed by atoms with E-state index in [1.807, 2.05) is 47.0 Å². The molecule has 6 nitrogen and oxygen atoms in total. The molecule has 0 bridgehead atoms. The van der Waals surface area contributed by atoms with Crippen LogP contribution in [0.1, 0.15) is 10.8 Å². The summed E-state index contributed by atoms with van der Waals surface area (Å²) in [4.78, 5) is 18.5. The van der Waals surface area contributed by atoms with Crippen molar-refractivity contribution in [3.05, 3.63) is 73.1 Å². The Morgan fingerprint density at radius 3 is 2.52 bits per heavy atom. The minimum absolute atomic E-state index is 0.00446. The molecule has 0 N–H and O–H groups in total. The molecular formula is C20H21N5OS. The molecule has 0 saturated carbocycles. The lowest BCUT2D eigenvalue weighted by Crippen LogP contribution is -2.27. The van der Waals surface area contributed by atoms with E-state index in [-0.39, 0.29) is 5.91 Å². The largest absolute Gasteiger partial charge is 0.348 e. The van der Waals surface area contributed by atoms with Crippen LogP contribution in [0.5, 0.6) is 0 Å². The third kappa shape index (κ3) is 4.25. The number of pyridine rings is 1. The van der Waals surface area contributed by atoms with Gasteiger partial charge in [0.15, 0.2) is 11.0 Å². The van der Waals surface area contributed by atoms with Gasteiger partial charge < -0.3 is 4.90 Å². The summed E-state index contributed by atoms with van der Waals surface area (Å²) in [6, 6.07) is 13.5. The van der Waals surface area contributed by atoms with Crippen molar-refractivity contribution in [1.82, 2.24) is 24.6 Å². The summed E-state index contributed by atoms with van der Waals surface area (Å²) in [7, 11) is 3.52. The van der Waals surface area contributed by atoms with Gasteiger partial charge in [0.25, 0.3) is 0 Å². The van der Waals surface area contributed by atoms with Gasteiger partial charge in [0.05, 0.1) is 0 Å². The van der Waals surface area contributed by atoms with E-state index in [9.17, 15) is 4.79 Å². The molecule has 0 radical (unpaired) electrons. The second kappa shape index (κ2) is 8.64. The van der Waals surface area contributed by atoms with Gasteiger partial charge in [0.1, 0.15) is 5.25 Å². The number of allylic oxidation sites excluding steroid dienone is 1. The first-order valence-corrected chi connectivity index (χ1v) is 9.37. The number of likely N-dealkylation sites (N-methyl/N-ethyl adjacent to an activating group) is 1. The Hall–Kier alpha value is -2.93. The number of hydrogen-bond donors (Lipinski definition) is 0. The first kappa shape index (κ1) is 18.8. The van der Waals surface area contributed by atoms with Gasteiger partial charge in [-0.15, -0.1) is 16.8 Å². The molecule has 0 aliphatic rings. The maximum Gasteiger partial charge on any atom is 0.240 e. The highest BCUT2D eigenvalue weighted by molar-refractivity contribution is 8.00. The Bertz CT molecular complexity index is 909. The van der Waals surface area contributed by atoms with E-state index >= 15 is 0 Å². The van der Waals surface area contributed by atoms with Gasteiger partial charge >= 0.3 is 0 Å². The smallest absolute Gasteiger partial charge is 0.240 e. The zero-order valence-corrected chi connectivity index (χ0v) is 16.1. The summed E-state index contributed by atoms with van der Waals surface area (Å²) < 4.78 is 1.96. The highest BCUT2D eigenvalue weighted by atomic mass is 32.2. The number of amides is 1. The fraction of sp³-hybridized carbons (Fsp3) is 0.200. The number of carbonyl (C=O) groups is 1. The molecule has 2 heterocycles. The van der Waals surface area contributed by atoms with Crippen LogP contribution in [-0.4, -0.2) is 44.7 Å². The predicted molar refractivity (Wildman–Crippen MR) is 107 cm³/mol. The standard InChI is InChI=1S/C20H21N5OS/c1-4-14-25-18(16-10-12-21-13-11-16)22-23-20(25)27-17(19(26)24(2)3)15-8-6-5-7-9-15/h4-13,17H,1,14H2,2-3H3/t17-/m0/s1. The molecule has 0 fully saturated rings. The summed E-state index contributed by atoms with van der Waals surface area (Å²) >= 11 is 1.40. The molecule has 0 unspecified atom stereocenters. The van der Waals surface area contributed by atoms with Gasteiger partial charge in [-0.05, 0) is 17.7 Å². The number of nitrogens with zero attached hydrogens (tertiary/aromatic N) is 5. The first-order valence-electron chi connectivity index (χ1n) is 8.49. The van der Waals surface area contributed by atoms with Gasteiger partial charge in [0, 0.05) is 38.6 Å². The predicted octanol–water partition coefficient (Wildman–Crippen LogP) is 3.45. The minimum atomic E-state index is -0.403. The molecule has 1 atom stereocenters. The van der Waals surface area contributed by atoms with Crippen LogP contribution in [0.2, 0.25) is 0 Å². The van der Waals surface area contributed by atoms with Gasteiger partial charge in [-0.3, -0.25) is 14.3 Å². The minimum Gasteiger partial charge on any atom is -0.348 e. The molecule has 3 rings (SSSR count). The number of hydrogen-bond acceptors (Lipinski definition) is 5. The van der Waals surface area contributed by atoms with E-state index in [1.54, 1.807) is 37.5 Å². The van der Waals surface area contributed by atoms with Crippen LogP contribution in [0.15, 0.2) is 72.7 Å². The summed E-state index contributed by atoms with van der Waals surface area (Å²) in [5, 5.41) is 8.97. The summed E-state index contributed by atoms with van der Waals surface area (Å²) in [6.07, 6.45) is 5.23. The van der Waals surface area contributed by atoms with Crippen molar-refractivity contribution >= 4 is 17.7 Å².